The summed E-state index contributed by atoms with van der Waals surface area (Å²) >= 11 is 0. The number of phenols is 1. The highest BCUT2D eigenvalue weighted by molar-refractivity contribution is 6.06. The molecule has 1 amide bonds. The summed E-state index contributed by atoms with van der Waals surface area (Å²) in [5, 5.41) is 13.3. The number of carbonyl (C=O) groups is 2. The molecule has 0 radical (unpaired) electrons. The first-order chi connectivity index (χ1) is 13.5. The van der Waals surface area contributed by atoms with E-state index in [2.05, 4.69) is 15.0 Å². The normalized spacial score (nSPS) is 10.0. The molecule has 0 fully saturated rings. The number of aromatic hydroxyl groups is 1. The van der Waals surface area contributed by atoms with Crippen LogP contribution in [0.15, 0.2) is 42.6 Å². The minimum atomic E-state index is -0.740. The van der Waals surface area contributed by atoms with E-state index in [4.69, 9.17) is 0 Å². The van der Waals surface area contributed by atoms with Crippen LogP contribution in [-0.4, -0.2) is 29.6 Å². The molecule has 3 rings (SSSR count). The van der Waals surface area contributed by atoms with Gasteiger partial charge in [-0.1, -0.05) is 26.0 Å². The largest absolute Gasteiger partial charge is 0.505 e. The minimum Gasteiger partial charge on any atom is -0.505 e. The van der Waals surface area contributed by atoms with Crippen molar-refractivity contribution in [2.45, 2.75) is 20.3 Å². The lowest BCUT2D eigenvalue weighted by Crippen LogP contribution is -2.05. The van der Waals surface area contributed by atoms with Crippen molar-refractivity contribution in [2.75, 3.05) is 12.4 Å². The summed E-state index contributed by atoms with van der Waals surface area (Å²) in [4.78, 5) is 27.0. The molecule has 0 atom stereocenters. The summed E-state index contributed by atoms with van der Waals surface area (Å²) in [7, 11) is 1.19. The number of phenolic OH excluding ortho intramolecular Hbond substituents is 1. The van der Waals surface area contributed by atoms with Crippen LogP contribution in [0.2, 0.25) is 0 Å². The highest BCUT2D eigenvalue weighted by Gasteiger charge is 2.19. The molecular formula is C21H21FN2O4. The molecule has 0 saturated heterocycles. The van der Waals surface area contributed by atoms with Gasteiger partial charge >= 0.3 is 5.97 Å². The zero-order valence-electron chi connectivity index (χ0n) is 15.8. The van der Waals surface area contributed by atoms with E-state index < -0.39 is 5.97 Å². The lowest BCUT2D eigenvalue weighted by Gasteiger charge is -2.12. The number of rotatable bonds is 5. The Morgan fingerprint density at radius 2 is 1.89 bits per heavy atom. The van der Waals surface area contributed by atoms with Gasteiger partial charge in [0.25, 0.3) is 0 Å². The van der Waals surface area contributed by atoms with Gasteiger partial charge < -0.3 is 15.2 Å². The zero-order valence-corrected chi connectivity index (χ0v) is 15.8. The van der Waals surface area contributed by atoms with E-state index in [0.29, 0.717) is 23.9 Å². The number of hydrogen-bond donors (Lipinski definition) is 2. The first-order valence-electron chi connectivity index (χ1n) is 8.71. The predicted molar refractivity (Wildman–Crippen MR) is 105 cm³/mol. The summed E-state index contributed by atoms with van der Waals surface area (Å²) < 4.78 is 17.7. The summed E-state index contributed by atoms with van der Waals surface area (Å²) in [6, 6.07) is 9.17. The van der Waals surface area contributed by atoms with Crippen LogP contribution in [0.4, 0.5) is 10.1 Å². The second-order valence-corrected chi connectivity index (χ2v) is 5.62. The van der Waals surface area contributed by atoms with Crippen molar-refractivity contribution >= 4 is 29.0 Å². The maximum Gasteiger partial charge on any atom is 0.341 e. The molecule has 28 heavy (non-hydrogen) atoms. The number of halogens is 1. The Hall–Kier alpha value is -3.48. The average molecular weight is 384 g/mol. The van der Waals surface area contributed by atoms with Crippen molar-refractivity contribution in [3.05, 3.63) is 65.1 Å². The number of nitrogens with zero attached hydrogens (tertiary/aromatic N) is 1. The highest BCUT2D eigenvalue weighted by Crippen LogP contribution is 2.34. The van der Waals surface area contributed by atoms with Gasteiger partial charge in [-0.3, -0.25) is 9.78 Å². The van der Waals surface area contributed by atoms with Crippen LogP contribution >= 0.6 is 0 Å². The molecule has 0 bridgehead atoms. The molecule has 7 heteroatoms. The summed E-state index contributed by atoms with van der Waals surface area (Å²) in [5.41, 5.74) is 2.07. The van der Waals surface area contributed by atoms with Gasteiger partial charge in [-0.2, -0.15) is 0 Å². The van der Waals surface area contributed by atoms with Crippen LogP contribution in [0.3, 0.4) is 0 Å². The Bertz CT molecular complexity index is 988. The molecule has 6 nitrogen and oxygen atoms in total. The highest BCUT2D eigenvalue weighted by atomic mass is 19.1. The SMILES string of the molecule is CC.COC(=O)c1cc(NC=O)c2cc(Cc3ccc(F)cc3)cnc2c1O. The molecule has 0 saturated carbocycles. The average Bonchev–Trinajstić information content (AvgIpc) is 2.73. The second-order valence-electron chi connectivity index (χ2n) is 5.62. The predicted octanol–water partition coefficient (Wildman–Crippen LogP) is 4.05. The standard InChI is InChI=1S/C19H15FN2O4.C2H6/c1-26-19(25)15-8-16(22-10-23)14-7-12(9-21-17(14)18(15)24)6-11-2-4-13(20)5-3-11;1-2/h2-5,7-10,24H,6H2,1H3,(H,22,23);1-2H3. The molecular weight excluding hydrogens is 363 g/mol. The van der Waals surface area contributed by atoms with Crippen molar-refractivity contribution in [2.24, 2.45) is 0 Å². The molecule has 1 heterocycles. The van der Waals surface area contributed by atoms with Gasteiger partial charge in [0.05, 0.1) is 12.8 Å². The summed E-state index contributed by atoms with van der Waals surface area (Å²) in [6.07, 6.45) is 2.51. The number of amides is 1. The molecule has 0 aliphatic carbocycles. The molecule has 0 spiro atoms. The van der Waals surface area contributed by atoms with Crippen LogP contribution in [0.25, 0.3) is 10.9 Å². The number of fused-ring (bicyclic) bond motifs is 1. The van der Waals surface area contributed by atoms with Gasteiger partial charge in [-0.25, -0.2) is 9.18 Å². The molecule has 3 aromatic rings. The van der Waals surface area contributed by atoms with Crippen molar-refractivity contribution in [3.8, 4) is 5.75 Å². The van der Waals surface area contributed by atoms with Crippen molar-refractivity contribution in [1.82, 2.24) is 4.98 Å². The van der Waals surface area contributed by atoms with Crippen LogP contribution in [0, 0.1) is 5.82 Å². The lowest BCUT2D eigenvalue weighted by molar-refractivity contribution is -0.105. The van der Waals surface area contributed by atoms with Crippen LogP contribution < -0.4 is 5.32 Å². The molecule has 2 aromatic carbocycles. The van der Waals surface area contributed by atoms with Gasteiger partial charge in [-0.15, -0.1) is 0 Å². The fourth-order valence-corrected chi connectivity index (χ4v) is 2.70. The Morgan fingerprint density at radius 3 is 2.50 bits per heavy atom. The van der Waals surface area contributed by atoms with Crippen molar-refractivity contribution < 1.29 is 23.8 Å². The molecule has 0 aliphatic rings. The Kier molecular flexibility index (Phi) is 7.03. The van der Waals surface area contributed by atoms with Crippen LogP contribution in [0.1, 0.15) is 35.3 Å². The Balaban J connectivity index is 0.00000136. The molecule has 0 unspecified atom stereocenters. The number of hydrogen-bond acceptors (Lipinski definition) is 5. The van der Waals surface area contributed by atoms with E-state index in [1.54, 1.807) is 24.4 Å². The van der Waals surface area contributed by atoms with E-state index in [-0.39, 0.29) is 22.6 Å². The van der Waals surface area contributed by atoms with E-state index >= 15 is 0 Å². The monoisotopic (exact) mass is 384 g/mol. The second kappa shape index (κ2) is 9.45. The first kappa shape index (κ1) is 20.8. The van der Waals surface area contributed by atoms with Gasteiger partial charge in [0.1, 0.15) is 16.9 Å². The number of methoxy groups -OCH3 is 1. The minimum absolute atomic E-state index is 0.0943. The smallest absolute Gasteiger partial charge is 0.341 e. The number of carbonyl (C=O) groups excluding carboxylic acids is 2. The Morgan fingerprint density at radius 1 is 1.21 bits per heavy atom. The van der Waals surface area contributed by atoms with Gasteiger partial charge in [0.2, 0.25) is 6.41 Å². The maximum absolute atomic E-state index is 13.0. The van der Waals surface area contributed by atoms with E-state index in [9.17, 15) is 19.1 Å². The number of aromatic nitrogens is 1. The van der Waals surface area contributed by atoms with Gasteiger partial charge in [0, 0.05) is 11.6 Å². The van der Waals surface area contributed by atoms with Gasteiger partial charge in [-0.05, 0) is 41.8 Å². The third-order valence-corrected chi connectivity index (χ3v) is 3.94. The summed E-state index contributed by atoms with van der Waals surface area (Å²) in [6.45, 7) is 4.00. The maximum atomic E-state index is 13.0. The van der Waals surface area contributed by atoms with Crippen LogP contribution in [0.5, 0.6) is 5.75 Å². The lowest BCUT2D eigenvalue weighted by atomic mass is 10.0. The van der Waals surface area contributed by atoms with Crippen molar-refractivity contribution in [1.29, 1.82) is 0 Å². The fraction of sp³-hybridized carbons (Fsp3) is 0.190. The number of anilines is 1. The quantitative estimate of drug-likeness (QED) is 0.394. The Labute approximate surface area is 162 Å². The third-order valence-electron chi connectivity index (χ3n) is 3.94. The van der Waals surface area contributed by atoms with Crippen molar-refractivity contribution in [3.63, 3.8) is 0 Å². The third kappa shape index (κ3) is 4.43. The van der Waals surface area contributed by atoms with Crippen LogP contribution in [-0.2, 0) is 16.0 Å². The number of nitrogens with one attached hydrogen (secondary N) is 1. The molecule has 1 aromatic heterocycles. The number of benzene rings is 2. The zero-order chi connectivity index (χ0) is 20.7. The number of esters is 1. The topological polar surface area (TPSA) is 88.5 Å². The van der Waals surface area contributed by atoms with E-state index in [0.717, 1.165) is 11.1 Å². The molecule has 146 valence electrons. The molecule has 2 N–H and O–H groups in total. The van der Waals surface area contributed by atoms with Gasteiger partial charge in [0.15, 0.2) is 5.75 Å². The number of ether oxygens (including phenoxy) is 1. The summed E-state index contributed by atoms with van der Waals surface area (Å²) in [5.74, 6) is -1.38. The van der Waals surface area contributed by atoms with E-state index in [1.165, 1.54) is 25.3 Å². The van der Waals surface area contributed by atoms with E-state index in [1.807, 2.05) is 13.8 Å². The first-order valence-corrected chi connectivity index (χ1v) is 8.71. The fourth-order valence-electron chi connectivity index (χ4n) is 2.70. The number of pyridine rings is 1. The molecule has 0 aliphatic heterocycles.